The first-order valence-corrected chi connectivity index (χ1v) is 9.30. The Bertz CT molecular complexity index is 1030. The maximum Gasteiger partial charge on any atom is 0.418 e. The van der Waals surface area contributed by atoms with Crippen LogP contribution in [0.25, 0.3) is 0 Å². The van der Waals surface area contributed by atoms with Crippen molar-refractivity contribution in [3.05, 3.63) is 66.1 Å². The predicted molar refractivity (Wildman–Crippen MR) is 111 cm³/mol. The Morgan fingerprint density at radius 3 is 2.45 bits per heavy atom. The molecule has 0 saturated carbocycles. The zero-order chi connectivity index (χ0) is 22.3. The summed E-state index contributed by atoms with van der Waals surface area (Å²) >= 11 is 0. The average molecular weight is 431 g/mol. The molecule has 0 aliphatic carbocycles. The summed E-state index contributed by atoms with van der Waals surface area (Å²) in [5, 5.41) is 10.8. The third kappa shape index (κ3) is 6.56. The van der Waals surface area contributed by atoms with Crippen molar-refractivity contribution in [1.29, 1.82) is 0 Å². The number of hydrogen-bond donors (Lipinski definition) is 4. The third-order valence-electron chi connectivity index (χ3n) is 3.96. The van der Waals surface area contributed by atoms with Crippen LogP contribution < -0.4 is 21.3 Å². The molecule has 0 bridgehead atoms. The van der Waals surface area contributed by atoms with Crippen LogP contribution in [0.5, 0.6) is 0 Å². The number of halogens is 3. The molecule has 2 aromatic heterocycles. The number of nitrogens with zero attached hydrogens (tertiary/aromatic N) is 3. The number of carbonyl (C=O) groups excluding carboxylic acids is 1. The van der Waals surface area contributed by atoms with Crippen molar-refractivity contribution >= 4 is 29.2 Å². The second-order valence-electron chi connectivity index (χ2n) is 6.38. The lowest BCUT2D eigenvalue weighted by Crippen LogP contribution is -2.33. The van der Waals surface area contributed by atoms with Gasteiger partial charge in [0.1, 0.15) is 23.3 Å². The maximum atomic E-state index is 13.0. The topological polar surface area (TPSA) is 104 Å². The van der Waals surface area contributed by atoms with Crippen LogP contribution in [0.1, 0.15) is 11.4 Å². The predicted octanol–water partition coefficient (Wildman–Crippen LogP) is 4.18. The van der Waals surface area contributed by atoms with Crippen molar-refractivity contribution in [2.45, 2.75) is 13.1 Å². The number of anilines is 4. The molecule has 4 N–H and O–H groups in total. The van der Waals surface area contributed by atoms with Crippen molar-refractivity contribution in [3.63, 3.8) is 0 Å². The highest BCUT2D eigenvalue weighted by molar-refractivity contribution is 5.90. The number of aromatic nitrogens is 3. The van der Waals surface area contributed by atoms with Crippen LogP contribution >= 0.6 is 0 Å². The Balaban J connectivity index is 1.50. The second kappa shape index (κ2) is 9.74. The van der Waals surface area contributed by atoms with Crippen molar-refractivity contribution in [3.8, 4) is 0 Å². The fourth-order valence-corrected chi connectivity index (χ4v) is 2.66. The van der Waals surface area contributed by atoms with E-state index in [4.69, 9.17) is 0 Å². The van der Waals surface area contributed by atoms with Gasteiger partial charge >= 0.3 is 12.2 Å². The lowest BCUT2D eigenvalue weighted by molar-refractivity contribution is -0.136. The molecule has 11 heteroatoms. The molecule has 3 aromatic rings. The number of benzene rings is 1. The second-order valence-corrected chi connectivity index (χ2v) is 6.38. The summed E-state index contributed by atoms with van der Waals surface area (Å²) in [7, 11) is 0. The standard InChI is InChI=1S/C20H20F3N7O/c1-13-27-17(12-18(28-13)30-16-8-4-5-9-24-16)25-10-11-26-19(31)29-15-7-3-2-6-14(15)20(21,22)23/h2-9,12H,10-11H2,1H3,(H2,26,29,31)(H2,24,25,27,28,30). The number of nitrogens with one attached hydrogen (secondary N) is 4. The van der Waals surface area contributed by atoms with Gasteiger partial charge < -0.3 is 21.3 Å². The zero-order valence-corrected chi connectivity index (χ0v) is 16.5. The molecule has 3 rings (SSSR count). The van der Waals surface area contributed by atoms with Gasteiger partial charge in [-0.25, -0.2) is 19.7 Å². The number of rotatable bonds is 7. The summed E-state index contributed by atoms with van der Waals surface area (Å²) in [6.45, 7) is 2.19. The third-order valence-corrected chi connectivity index (χ3v) is 3.96. The van der Waals surface area contributed by atoms with E-state index >= 15 is 0 Å². The minimum atomic E-state index is -4.56. The fraction of sp³-hybridized carbons (Fsp3) is 0.200. The SMILES string of the molecule is Cc1nc(NCCNC(=O)Nc2ccccc2C(F)(F)F)cc(Nc2ccccn2)n1. The number of carbonyl (C=O) groups is 1. The molecule has 0 atom stereocenters. The summed E-state index contributed by atoms with van der Waals surface area (Å²) in [5.41, 5.74) is -1.22. The molecular weight excluding hydrogens is 411 g/mol. The number of pyridine rings is 1. The Kier molecular flexibility index (Phi) is 6.85. The van der Waals surface area contributed by atoms with Crippen LogP contribution in [0.3, 0.4) is 0 Å². The average Bonchev–Trinajstić information content (AvgIpc) is 2.71. The van der Waals surface area contributed by atoms with Crippen molar-refractivity contribution in [2.24, 2.45) is 0 Å². The summed E-state index contributed by atoms with van der Waals surface area (Å²) in [4.78, 5) is 24.7. The Morgan fingerprint density at radius 2 is 1.71 bits per heavy atom. The Labute approximate surface area is 176 Å². The number of amides is 2. The first-order chi connectivity index (χ1) is 14.8. The van der Waals surface area contributed by atoms with E-state index in [0.717, 1.165) is 6.07 Å². The monoisotopic (exact) mass is 431 g/mol. The number of alkyl halides is 3. The van der Waals surface area contributed by atoms with Gasteiger partial charge in [-0.1, -0.05) is 18.2 Å². The minimum absolute atomic E-state index is 0.159. The number of para-hydroxylation sites is 1. The van der Waals surface area contributed by atoms with E-state index in [9.17, 15) is 18.0 Å². The first kappa shape index (κ1) is 21.8. The van der Waals surface area contributed by atoms with Gasteiger partial charge in [-0.3, -0.25) is 0 Å². The molecule has 162 valence electrons. The highest BCUT2D eigenvalue weighted by atomic mass is 19.4. The van der Waals surface area contributed by atoms with E-state index in [1.165, 1.54) is 18.2 Å². The fourth-order valence-electron chi connectivity index (χ4n) is 2.66. The van der Waals surface area contributed by atoms with Crippen molar-refractivity contribution in [2.75, 3.05) is 29.0 Å². The van der Waals surface area contributed by atoms with Crippen LogP contribution in [0.15, 0.2) is 54.7 Å². The largest absolute Gasteiger partial charge is 0.418 e. The number of urea groups is 1. The van der Waals surface area contributed by atoms with Gasteiger partial charge in [-0.15, -0.1) is 0 Å². The number of aryl methyl sites for hydroxylation is 1. The van der Waals surface area contributed by atoms with E-state index < -0.39 is 17.8 Å². The van der Waals surface area contributed by atoms with E-state index in [1.807, 2.05) is 6.07 Å². The lowest BCUT2D eigenvalue weighted by Gasteiger charge is -2.14. The summed E-state index contributed by atoms with van der Waals surface area (Å²) < 4.78 is 39.0. The van der Waals surface area contributed by atoms with Gasteiger partial charge in [0.05, 0.1) is 11.3 Å². The van der Waals surface area contributed by atoms with Crippen molar-refractivity contribution in [1.82, 2.24) is 20.3 Å². The highest BCUT2D eigenvalue weighted by Crippen LogP contribution is 2.34. The van der Waals surface area contributed by atoms with E-state index in [1.54, 1.807) is 31.3 Å². The molecule has 31 heavy (non-hydrogen) atoms. The smallest absolute Gasteiger partial charge is 0.368 e. The van der Waals surface area contributed by atoms with Gasteiger partial charge in [0.15, 0.2) is 0 Å². The van der Waals surface area contributed by atoms with Crippen LogP contribution in [-0.4, -0.2) is 34.1 Å². The quantitative estimate of drug-likeness (QED) is 0.419. The molecule has 1 aromatic carbocycles. The summed E-state index contributed by atoms with van der Waals surface area (Å²) in [6, 6.07) is 11.2. The normalized spacial score (nSPS) is 11.0. The molecule has 8 nitrogen and oxygen atoms in total. The molecule has 2 amide bonds. The molecule has 2 heterocycles. The minimum Gasteiger partial charge on any atom is -0.368 e. The van der Waals surface area contributed by atoms with Gasteiger partial charge in [0.25, 0.3) is 0 Å². The first-order valence-electron chi connectivity index (χ1n) is 9.30. The highest BCUT2D eigenvalue weighted by Gasteiger charge is 2.33. The van der Waals surface area contributed by atoms with E-state index in [0.29, 0.717) is 29.8 Å². The Hall–Kier alpha value is -3.89. The zero-order valence-electron chi connectivity index (χ0n) is 16.5. The molecule has 0 unspecified atom stereocenters. The molecular formula is C20H20F3N7O. The van der Waals surface area contributed by atoms with Crippen LogP contribution in [0.4, 0.5) is 41.1 Å². The van der Waals surface area contributed by atoms with Crippen LogP contribution in [0.2, 0.25) is 0 Å². The maximum absolute atomic E-state index is 13.0. The molecule has 0 saturated heterocycles. The van der Waals surface area contributed by atoms with Crippen LogP contribution in [-0.2, 0) is 6.18 Å². The number of hydrogen-bond acceptors (Lipinski definition) is 6. The van der Waals surface area contributed by atoms with Crippen LogP contribution in [0, 0.1) is 6.92 Å². The molecule has 0 radical (unpaired) electrons. The van der Waals surface area contributed by atoms with Crippen molar-refractivity contribution < 1.29 is 18.0 Å². The van der Waals surface area contributed by atoms with E-state index in [-0.39, 0.29) is 12.2 Å². The molecule has 0 fully saturated rings. The summed E-state index contributed by atoms with van der Waals surface area (Å²) in [6.07, 6.45) is -2.91. The summed E-state index contributed by atoms with van der Waals surface area (Å²) in [5.74, 6) is 2.22. The van der Waals surface area contributed by atoms with Gasteiger partial charge in [-0.2, -0.15) is 13.2 Å². The van der Waals surface area contributed by atoms with E-state index in [2.05, 4.69) is 36.2 Å². The van der Waals surface area contributed by atoms with Gasteiger partial charge in [0.2, 0.25) is 0 Å². The molecule has 0 aliphatic rings. The van der Waals surface area contributed by atoms with Gasteiger partial charge in [0, 0.05) is 25.4 Å². The molecule has 0 aliphatic heterocycles. The Morgan fingerprint density at radius 1 is 0.968 bits per heavy atom. The lowest BCUT2D eigenvalue weighted by atomic mass is 10.1. The van der Waals surface area contributed by atoms with Gasteiger partial charge in [-0.05, 0) is 31.2 Å². The molecule has 0 spiro atoms.